The predicted octanol–water partition coefficient (Wildman–Crippen LogP) is 2.83. The van der Waals surface area contributed by atoms with Gasteiger partial charge in [0.15, 0.2) is 0 Å². The van der Waals surface area contributed by atoms with Crippen LogP contribution in [0.1, 0.15) is 29.0 Å². The number of fused-ring (bicyclic) bond motifs is 1. The molecule has 0 unspecified atom stereocenters. The van der Waals surface area contributed by atoms with Crippen LogP contribution < -0.4 is 16.0 Å². The van der Waals surface area contributed by atoms with E-state index < -0.39 is 5.91 Å². The molecule has 0 radical (unpaired) electrons. The summed E-state index contributed by atoms with van der Waals surface area (Å²) >= 11 is 0. The molecule has 0 aliphatic heterocycles. The van der Waals surface area contributed by atoms with Crippen LogP contribution in [0.2, 0.25) is 0 Å². The Morgan fingerprint density at radius 3 is 2.41 bits per heavy atom. The van der Waals surface area contributed by atoms with Crippen molar-refractivity contribution in [2.45, 2.75) is 19.4 Å². The average Bonchev–Trinajstić information content (AvgIpc) is 3.46. The predicted molar refractivity (Wildman–Crippen MR) is 108 cm³/mol. The molecule has 148 valence electrons. The Morgan fingerprint density at radius 2 is 1.72 bits per heavy atom. The topological polar surface area (TPSA) is 100 Å². The zero-order valence-electron chi connectivity index (χ0n) is 15.7. The fourth-order valence-electron chi connectivity index (χ4n) is 3.03. The van der Waals surface area contributed by atoms with Gasteiger partial charge in [0.05, 0.1) is 30.6 Å². The van der Waals surface area contributed by atoms with E-state index >= 15 is 0 Å². The van der Waals surface area contributed by atoms with Crippen molar-refractivity contribution in [1.82, 2.24) is 10.6 Å². The van der Waals surface area contributed by atoms with E-state index in [2.05, 4.69) is 16.0 Å². The monoisotopic (exact) mass is 391 g/mol. The molecule has 0 saturated heterocycles. The highest BCUT2D eigenvalue weighted by Gasteiger charge is 2.30. The van der Waals surface area contributed by atoms with E-state index in [-0.39, 0.29) is 30.8 Å². The minimum Gasteiger partial charge on any atom is -0.467 e. The van der Waals surface area contributed by atoms with E-state index in [9.17, 15) is 14.4 Å². The van der Waals surface area contributed by atoms with Gasteiger partial charge in [-0.1, -0.05) is 24.3 Å². The SMILES string of the molecule is O=C(CNC(=O)c1cc2ccccc2cc1NC(=O)C1CC1)NCc1ccco1. The van der Waals surface area contributed by atoms with E-state index in [1.54, 1.807) is 24.3 Å². The largest absolute Gasteiger partial charge is 0.467 e. The van der Waals surface area contributed by atoms with Crippen LogP contribution >= 0.6 is 0 Å². The summed E-state index contributed by atoms with van der Waals surface area (Å²) in [7, 11) is 0. The van der Waals surface area contributed by atoms with Crippen molar-refractivity contribution in [2.75, 3.05) is 11.9 Å². The van der Waals surface area contributed by atoms with Crippen LogP contribution in [0.3, 0.4) is 0 Å². The Labute approximate surface area is 167 Å². The molecule has 1 saturated carbocycles. The number of carbonyl (C=O) groups is 3. The molecule has 0 bridgehead atoms. The highest BCUT2D eigenvalue weighted by molar-refractivity contribution is 6.08. The van der Waals surface area contributed by atoms with Gasteiger partial charge in [-0.15, -0.1) is 0 Å². The Balaban J connectivity index is 1.46. The lowest BCUT2D eigenvalue weighted by Gasteiger charge is -2.13. The lowest BCUT2D eigenvalue weighted by atomic mass is 10.0. The molecule has 29 heavy (non-hydrogen) atoms. The second-order valence-corrected chi connectivity index (χ2v) is 7.05. The smallest absolute Gasteiger partial charge is 0.253 e. The molecule has 1 heterocycles. The van der Waals surface area contributed by atoms with Crippen molar-refractivity contribution in [3.63, 3.8) is 0 Å². The van der Waals surface area contributed by atoms with Crippen LogP contribution in [0.4, 0.5) is 5.69 Å². The summed E-state index contributed by atoms with van der Waals surface area (Å²) in [6.45, 7) is 0.0722. The van der Waals surface area contributed by atoms with Crippen molar-refractivity contribution in [3.8, 4) is 0 Å². The summed E-state index contributed by atoms with van der Waals surface area (Å²) in [5.41, 5.74) is 0.783. The maximum Gasteiger partial charge on any atom is 0.253 e. The highest BCUT2D eigenvalue weighted by atomic mass is 16.3. The molecular weight excluding hydrogens is 370 g/mol. The number of hydrogen-bond donors (Lipinski definition) is 3. The molecule has 2 aromatic carbocycles. The van der Waals surface area contributed by atoms with Crippen molar-refractivity contribution >= 4 is 34.2 Å². The van der Waals surface area contributed by atoms with E-state index in [4.69, 9.17) is 4.42 Å². The average molecular weight is 391 g/mol. The summed E-state index contributed by atoms with van der Waals surface area (Å²) in [5.74, 6) is -0.186. The molecule has 3 aromatic rings. The Bertz CT molecular complexity index is 1060. The van der Waals surface area contributed by atoms with Gasteiger partial charge in [-0.25, -0.2) is 0 Å². The number of nitrogens with one attached hydrogen (secondary N) is 3. The first-order chi connectivity index (χ1) is 14.1. The van der Waals surface area contributed by atoms with Gasteiger partial charge in [0.25, 0.3) is 5.91 Å². The van der Waals surface area contributed by atoms with Crippen LogP contribution in [0, 0.1) is 5.92 Å². The van der Waals surface area contributed by atoms with Gasteiger partial charge in [-0.3, -0.25) is 14.4 Å². The van der Waals surface area contributed by atoms with Gasteiger partial charge < -0.3 is 20.4 Å². The molecular formula is C22H21N3O4. The number of benzene rings is 2. The number of amides is 3. The first kappa shape index (κ1) is 18.7. The van der Waals surface area contributed by atoms with Gasteiger partial charge >= 0.3 is 0 Å². The Morgan fingerprint density at radius 1 is 0.966 bits per heavy atom. The van der Waals surface area contributed by atoms with Gasteiger partial charge in [-0.05, 0) is 47.9 Å². The third-order valence-corrected chi connectivity index (χ3v) is 4.79. The molecule has 1 aliphatic rings. The van der Waals surface area contributed by atoms with Crippen LogP contribution in [0.5, 0.6) is 0 Å². The summed E-state index contributed by atoms with van der Waals surface area (Å²) in [5, 5.41) is 9.96. The molecule has 4 rings (SSSR count). The van der Waals surface area contributed by atoms with E-state index in [0.717, 1.165) is 23.6 Å². The molecule has 3 amide bonds. The summed E-state index contributed by atoms with van der Waals surface area (Å²) in [4.78, 5) is 37.0. The minimum absolute atomic E-state index is 0.0183. The molecule has 0 atom stereocenters. The standard InChI is InChI=1S/C22H21N3O4/c26-20(23-12-17-6-3-9-29-17)13-24-22(28)18-10-15-4-1-2-5-16(15)11-19(18)25-21(27)14-7-8-14/h1-6,9-11,14H,7-8,12-13H2,(H,23,26)(H,24,28)(H,25,27). The van der Waals surface area contributed by atoms with Crippen molar-refractivity contribution in [3.05, 3.63) is 66.1 Å². The van der Waals surface area contributed by atoms with E-state index in [1.807, 2.05) is 24.3 Å². The normalized spacial score (nSPS) is 13.1. The van der Waals surface area contributed by atoms with Crippen molar-refractivity contribution < 1.29 is 18.8 Å². The van der Waals surface area contributed by atoms with Gasteiger partial charge in [0.1, 0.15) is 5.76 Å². The zero-order valence-corrected chi connectivity index (χ0v) is 15.7. The second-order valence-electron chi connectivity index (χ2n) is 7.05. The minimum atomic E-state index is -0.421. The van der Waals surface area contributed by atoms with Gasteiger partial charge in [-0.2, -0.15) is 0 Å². The number of anilines is 1. The first-order valence-corrected chi connectivity index (χ1v) is 9.51. The molecule has 1 aromatic heterocycles. The Kier molecular flexibility index (Phi) is 5.29. The zero-order chi connectivity index (χ0) is 20.2. The third kappa shape index (κ3) is 4.63. The number of hydrogen-bond acceptors (Lipinski definition) is 4. The molecule has 0 spiro atoms. The van der Waals surface area contributed by atoms with E-state index in [0.29, 0.717) is 17.0 Å². The maximum absolute atomic E-state index is 12.8. The number of rotatable bonds is 7. The molecule has 3 N–H and O–H groups in total. The molecule has 7 nitrogen and oxygen atoms in total. The highest BCUT2D eigenvalue weighted by Crippen LogP contribution is 2.31. The molecule has 1 fully saturated rings. The third-order valence-electron chi connectivity index (χ3n) is 4.79. The fourth-order valence-corrected chi connectivity index (χ4v) is 3.03. The van der Waals surface area contributed by atoms with E-state index in [1.165, 1.54) is 6.26 Å². The van der Waals surface area contributed by atoms with Gasteiger partial charge in [0.2, 0.25) is 11.8 Å². The number of furan rings is 1. The van der Waals surface area contributed by atoms with Gasteiger partial charge in [0, 0.05) is 5.92 Å². The first-order valence-electron chi connectivity index (χ1n) is 9.51. The van der Waals surface area contributed by atoms with Crippen molar-refractivity contribution in [2.24, 2.45) is 5.92 Å². The summed E-state index contributed by atoms with van der Waals surface area (Å²) in [6, 6.07) is 14.6. The van der Waals surface area contributed by atoms with Crippen LogP contribution in [0.15, 0.2) is 59.2 Å². The Hall–Kier alpha value is -3.61. The number of carbonyl (C=O) groups excluding carboxylic acids is 3. The fraction of sp³-hybridized carbons (Fsp3) is 0.227. The summed E-state index contributed by atoms with van der Waals surface area (Å²) < 4.78 is 5.15. The lowest BCUT2D eigenvalue weighted by Crippen LogP contribution is -2.36. The molecule has 7 heteroatoms. The van der Waals surface area contributed by atoms with Crippen LogP contribution in [-0.4, -0.2) is 24.3 Å². The maximum atomic E-state index is 12.8. The van der Waals surface area contributed by atoms with Crippen molar-refractivity contribution in [1.29, 1.82) is 0 Å². The molecule has 1 aliphatic carbocycles. The quantitative estimate of drug-likeness (QED) is 0.576. The second kappa shape index (κ2) is 8.18. The summed E-state index contributed by atoms with van der Waals surface area (Å²) in [6.07, 6.45) is 3.27. The van der Waals surface area contributed by atoms with Crippen LogP contribution in [-0.2, 0) is 16.1 Å². The lowest BCUT2D eigenvalue weighted by molar-refractivity contribution is -0.120. The van der Waals surface area contributed by atoms with Crippen LogP contribution in [0.25, 0.3) is 10.8 Å².